The fourth-order valence-corrected chi connectivity index (χ4v) is 1.08. The lowest BCUT2D eigenvalue weighted by Crippen LogP contribution is -2.18. The topological polar surface area (TPSA) is 29.5 Å². The van der Waals surface area contributed by atoms with Gasteiger partial charge in [-0.05, 0) is 13.5 Å². The van der Waals surface area contributed by atoms with Crippen LogP contribution in [0.4, 0.5) is 0 Å². The van der Waals surface area contributed by atoms with Gasteiger partial charge in [-0.15, -0.1) is 0 Å². The van der Waals surface area contributed by atoms with Crippen LogP contribution in [0.5, 0.6) is 0 Å². The van der Waals surface area contributed by atoms with Gasteiger partial charge >= 0.3 is 0 Å². The maximum absolute atomic E-state index is 9.83. The maximum Gasteiger partial charge on any atom is 0.293 e. The van der Waals surface area contributed by atoms with E-state index in [4.69, 9.17) is 4.74 Å². The summed E-state index contributed by atoms with van der Waals surface area (Å²) in [5.74, 6) is 0. The highest BCUT2D eigenvalue weighted by atomic mass is 16.5. The SMILES string of the molecule is CN1CCC(OC=O)C1. The first kappa shape index (κ1) is 6.55. The van der Waals surface area contributed by atoms with Crippen LogP contribution in [0.15, 0.2) is 0 Å². The average Bonchev–Trinajstić information content (AvgIpc) is 2.17. The Hall–Kier alpha value is -0.570. The summed E-state index contributed by atoms with van der Waals surface area (Å²) in [5, 5.41) is 0. The second kappa shape index (κ2) is 2.82. The second-order valence-electron chi connectivity index (χ2n) is 2.41. The van der Waals surface area contributed by atoms with E-state index >= 15 is 0 Å². The predicted octanol–water partition coefficient (Wildman–Crippen LogP) is -0.137. The molecule has 1 heterocycles. The zero-order valence-corrected chi connectivity index (χ0v) is 5.54. The first-order chi connectivity index (χ1) is 4.33. The van der Waals surface area contributed by atoms with Gasteiger partial charge in [0.05, 0.1) is 0 Å². The van der Waals surface area contributed by atoms with Crippen molar-refractivity contribution in [1.29, 1.82) is 0 Å². The van der Waals surface area contributed by atoms with Gasteiger partial charge in [-0.25, -0.2) is 0 Å². The van der Waals surface area contributed by atoms with Gasteiger partial charge in [0, 0.05) is 13.1 Å². The van der Waals surface area contributed by atoms with Crippen LogP contribution in [0.2, 0.25) is 0 Å². The molecule has 0 aromatic rings. The molecule has 0 amide bonds. The lowest BCUT2D eigenvalue weighted by Gasteiger charge is -2.06. The largest absolute Gasteiger partial charge is 0.463 e. The maximum atomic E-state index is 9.83. The Kier molecular flexibility index (Phi) is 2.05. The van der Waals surface area contributed by atoms with Gasteiger partial charge in [0.1, 0.15) is 6.10 Å². The van der Waals surface area contributed by atoms with Crippen LogP contribution in [-0.4, -0.2) is 37.6 Å². The fraction of sp³-hybridized carbons (Fsp3) is 0.833. The molecule has 0 aliphatic carbocycles. The van der Waals surface area contributed by atoms with Crippen LogP contribution in [0, 0.1) is 0 Å². The summed E-state index contributed by atoms with van der Waals surface area (Å²) in [5.41, 5.74) is 0. The van der Waals surface area contributed by atoms with Crippen molar-refractivity contribution in [3.63, 3.8) is 0 Å². The van der Waals surface area contributed by atoms with Gasteiger partial charge in [0.15, 0.2) is 0 Å². The Labute approximate surface area is 54.6 Å². The molecule has 52 valence electrons. The quantitative estimate of drug-likeness (QED) is 0.486. The molecule has 0 saturated carbocycles. The van der Waals surface area contributed by atoms with E-state index in [9.17, 15) is 4.79 Å². The minimum atomic E-state index is 0.146. The Balaban J connectivity index is 2.21. The fourth-order valence-electron chi connectivity index (χ4n) is 1.08. The summed E-state index contributed by atoms with van der Waals surface area (Å²) in [6.45, 7) is 2.46. The number of likely N-dealkylation sites (N-methyl/N-ethyl adjacent to an activating group) is 1. The summed E-state index contributed by atoms with van der Waals surface area (Å²) < 4.78 is 4.75. The number of likely N-dealkylation sites (tertiary alicyclic amines) is 1. The van der Waals surface area contributed by atoms with E-state index in [-0.39, 0.29) is 6.10 Å². The van der Waals surface area contributed by atoms with Gasteiger partial charge in [0.25, 0.3) is 6.47 Å². The molecule has 1 aliphatic rings. The third kappa shape index (κ3) is 1.68. The Morgan fingerprint density at radius 1 is 1.78 bits per heavy atom. The Bertz CT molecular complexity index is 105. The first-order valence-electron chi connectivity index (χ1n) is 3.10. The number of ether oxygens (including phenoxy) is 1. The number of nitrogens with zero attached hydrogens (tertiary/aromatic N) is 1. The van der Waals surface area contributed by atoms with Crippen LogP contribution in [0.3, 0.4) is 0 Å². The highest BCUT2D eigenvalue weighted by Crippen LogP contribution is 2.08. The zero-order valence-electron chi connectivity index (χ0n) is 5.54. The van der Waals surface area contributed by atoms with E-state index < -0.39 is 0 Å². The molecule has 0 aromatic heterocycles. The third-order valence-electron chi connectivity index (χ3n) is 1.60. The van der Waals surface area contributed by atoms with E-state index in [1.165, 1.54) is 0 Å². The van der Waals surface area contributed by atoms with Gasteiger partial charge < -0.3 is 9.64 Å². The minimum Gasteiger partial charge on any atom is -0.463 e. The van der Waals surface area contributed by atoms with Crippen LogP contribution >= 0.6 is 0 Å². The molecule has 3 nitrogen and oxygen atoms in total. The second-order valence-corrected chi connectivity index (χ2v) is 2.41. The van der Waals surface area contributed by atoms with Crippen molar-refractivity contribution in [2.75, 3.05) is 20.1 Å². The number of hydrogen-bond donors (Lipinski definition) is 0. The number of carbonyl (C=O) groups is 1. The molecule has 1 atom stereocenters. The molecule has 1 aliphatic heterocycles. The van der Waals surface area contributed by atoms with Crippen molar-refractivity contribution in [3.8, 4) is 0 Å². The van der Waals surface area contributed by atoms with Crippen LogP contribution in [0.25, 0.3) is 0 Å². The van der Waals surface area contributed by atoms with E-state index in [1.807, 2.05) is 7.05 Å². The molecule has 0 bridgehead atoms. The standard InChI is InChI=1S/C6H11NO2/c1-7-3-2-6(4-7)9-5-8/h5-6H,2-4H2,1H3. The summed E-state index contributed by atoms with van der Waals surface area (Å²) >= 11 is 0. The lowest BCUT2D eigenvalue weighted by molar-refractivity contribution is -0.132. The average molecular weight is 129 g/mol. The molecule has 9 heavy (non-hydrogen) atoms. The third-order valence-corrected chi connectivity index (χ3v) is 1.60. The highest BCUT2D eigenvalue weighted by molar-refractivity contribution is 5.37. The monoisotopic (exact) mass is 129 g/mol. The van der Waals surface area contributed by atoms with Crippen LogP contribution in [-0.2, 0) is 9.53 Å². The van der Waals surface area contributed by atoms with E-state index in [0.29, 0.717) is 6.47 Å². The molecule has 1 fully saturated rings. The van der Waals surface area contributed by atoms with Crippen LogP contribution in [0.1, 0.15) is 6.42 Å². The molecule has 3 heteroatoms. The van der Waals surface area contributed by atoms with Gasteiger partial charge in [-0.2, -0.15) is 0 Å². The molecular weight excluding hydrogens is 118 g/mol. The Morgan fingerprint density at radius 3 is 3.00 bits per heavy atom. The van der Waals surface area contributed by atoms with Gasteiger partial charge in [-0.3, -0.25) is 4.79 Å². The molecule has 0 aromatic carbocycles. The molecule has 0 spiro atoms. The first-order valence-corrected chi connectivity index (χ1v) is 3.10. The van der Waals surface area contributed by atoms with Crippen molar-refractivity contribution >= 4 is 6.47 Å². The molecule has 0 radical (unpaired) electrons. The molecule has 1 rings (SSSR count). The molecule has 0 N–H and O–H groups in total. The summed E-state index contributed by atoms with van der Waals surface area (Å²) in [6, 6.07) is 0. The number of rotatable bonds is 2. The van der Waals surface area contributed by atoms with Crippen molar-refractivity contribution in [2.45, 2.75) is 12.5 Å². The summed E-state index contributed by atoms with van der Waals surface area (Å²) in [7, 11) is 2.02. The zero-order chi connectivity index (χ0) is 6.69. The van der Waals surface area contributed by atoms with Crippen LogP contribution < -0.4 is 0 Å². The lowest BCUT2D eigenvalue weighted by atomic mass is 10.3. The Morgan fingerprint density at radius 2 is 2.56 bits per heavy atom. The van der Waals surface area contributed by atoms with Crippen molar-refractivity contribution in [1.82, 2.24) is 4.90 Å². The van der Waals surface area contributed by atoms with E-state index in [2.05, 4.69) is 4.90 Å². The molecule has 1 unspecified atom stereocenters. The summed E-state index contributed by atoms with van der Waals surface area (Å²) in [4.78, 5) is 12.0. The smallest absolute Gasteiger partial charge is 0.293 e. The van der Waals surface area contributed by atoms with E-state index in [0.717, 1.165) is 19.5 Å². The van der Waals surface area contributed by atoms with Crippen molar-refractivity contribution in [2.24, 2.45) is 0 Å². The summed E-state index contributed by atoms with van der Waals surface area (Å²) in [6.07, 6.45) is 1.13. The van der Waals surface area contributed by atoms with E-state index in [1.54, 1.807) is 0 Å². The number of carbonyl (C=O) groups excluding carboxylic acids is 1. The minimum absolute atomic E-state index is 0.146. The molecular formula is C6H11NO2. The normalized spacial score (nSPS) is 28.3. The van der Waals surface area contributed by atoms with Crippen molar-refractivity contribution in [3.05, 3.63) is 0 Å². The van der Waals surface area contributed by atoms with Crippen molar-refractivity contribution < 1.29 is 9.53 Å². The highest BCUT2D eigenvalue weighted by Gasteiger charge is 2.19. The van der Waals surface area contributed by atoms with Gasteiger partial charge in [0.2, 0.25) is 0 Å². The predicted molar refractivity (Wildman–Crippen MR) is 33.1 cm³/mol. The molecule has 1 saturated heterocycles. The van der Waals surface area contributed by atoms with Gasteiger partial charge in [-0.1, -0.05) is 0 Å². The number of hydrogen-bond acceptors (Lipinski definition) is 3.